The topological polar surface area (TPSA) is 105 Å². The Labute approximate surface area is 173 Å². The van der Waals surface area contributed by atoms with Gasteiger partial charge in [0.1, 0.15) is 35.6 Å². The summed E-state index contributed by atoms with van der Waals surface area (Å²) in [6, 6.07) is 3.13. The van der Waals surface area contributed by atoms with Crippen LogP contribution in [0.15, 0.2) is 35.6 Å². The molecule has 2 aromatic rings. The van der Waals surface area contributed by atoms with Crippen LogP contribution in [-0.2, 0) is 10.0 Å². The van der Waals surface area contributed by atoms with E-state index in [0.29, 0.717) is 5.92 Å². The van der Waals surface area contributed by atoms with Crippen LogP contribution in [0, 0.1) is 23.5 Å². The van der Waals surface area contributed by atoms with Crippen molar-refractivity contribution in [3.05, 3.63) is 42.4 Å². The van der Waals surface area contributed by atoms with Gasteiger partial charge in [-0.15, -0.1) is 0 Å². The summed E-state index contributed by atoms with van der Waals surface area (Å²) in [6.07, 6.45) is 6.11. The van der Waals surface area contributed by atoms with Crippen LogP contribution in [0.4, 0.5) is 14.6 Å². The average Bonchev–Trinajstić information content (AvgIpc) is 3.22. The Bertz CT molecular complexity index is 964. The second-order valence-electron chi connectivity index (χ2n) is 7.54. The molecule has 0 spiro atoms. The van der Waals surface area contributed by atoms with Gasteiger partial charge < -0.3 is 4.74 Å². The summed E-state index contributed by atoms with van der Waals surface area (Å²) in [6.45, 7) is 1.64. The highest BCUT2D eigenvalue weighted by molar-refractivity contribution is 7.92. The number of sulfonamides is 1. The highest BCUT2D eigenvalue weighted by Crippen LogP contribution is 2.35. The van der Waals surface area contributed by atoms with Crippen LogP contribution in [0.1, 0.15) is 25.7 Å². The maximum atomic E-state index is 14.7. The summed E-state index contributed by atoms with van der Waals surface area (Å²) in [5.74, 6) is -1.90. The summed E-state index contributed by atoms with van der Waals surface area (Å²) in [5, 5.41) is 0. The van der Waals surface area contributed by atoms with Crippen molar-refractivity contribution in [3.8, 4) is 5.75 Å². The van der Waals surface area contributed by atoms with Crippen molar-refractivity contribution in [1.29, 1.82) is 0 Å². The molecule has 1 aliphatic carbocycles. The molecule has 1 aromatic carbocycles. The number of hydrogen-bond donors (Lipinski definition) is 3. The summed E-state index contributed by atoms with van der Waals surface area (Å²) in [4.78, 5) is 6.30. The van der Waals surface area contributed by atoms with Gasteiger partial charge >= 0.3 is 0 Å². The third-order valence-corrected chi connectivity index (χ3v) is 6.97. The molecule has 8 nitrogen and oxygen atoms in total. The van der Waals surface area contributed by atoms with Crippen molar-refractivity contribution in [2.24, 2.45) is 11.8 Å². The fourth-order valence-electron chi connectivity index (χ4n) is 4.17. The number of nitrogens with zero attached hydrogens (tertiary/aromatic N) is 2. The summed E-state index contributed by atoms with van der Waals surface area (Å²) < 4.78 is 62.3. The third kappa shape index (κ3) is 4.52. The molecule has 1 saturated carbocycles. The van der Waals surface area contributed by atoms with Crippen LogP contribution in [-0.4, -0.2) is 37.6 Å². The number of hydrazine groups is 1. The fraction of sp³-hybridized carbons (Fsp3) is 0.474. The van der Waals surface area contributed by atoms with E-state index in [1.807, 2.05) is 4.72 Å². The van der Waals surface area contributed by atoms with Crippen LogP contribution in [0.25, 0.3) is 0 Å². The van der Waals surface area contributed by atoms with E-state index < -0.39 is 26.6 Å². The first-order valence-electron chi connectivity index (χ1n) is 9.84. The monoisotopic (exact) mass is 439 g/mol. The van der Waals surface area contributed by atoms with E-state index in [0.717, 1.165) is 57.2 Å². The Balaban J connectivity index is 1.55. The van der Waals surface area contributed by atoms with Crippen molar-refractivity contribution < 1.29 is 21.9 Å². The SMILES string of the molecule is O=S(=O)(Nc1ccncn1)c1c(F)cc(O[C@@H]2CCCC[C@H]2C2CNNC2)cc1F. The van der Waals surface area contributed by atoms with Gasteiger partial charge in [0.2, 0.25) is 0 Å². The lowest BCUT2D eigenvalue weighted by Crippen LogP contribution is -2.37. The molecule has 1 aromatic heterocycles. The molecule has 2 aliphatic rings. The Hall–Kier alpha value is -2.37. The Kier molecular flexibility index (Phi) is 6.11. The van der Waals surface area contributed by atoms with E-state index in [2.05, 4.69) is 20.8 Å². The number of hydrogen-bond acceptors (Lipinski definition) is 7. The van der Waals surface area contributed by atoms with Crippen molar-refractivity contribution in [1.82, 2.24) is 20.8 Å². The van der Waals surface area contributed by atoms with Crippen molar-refractivity contribution in [3.63, 3.8) is 0 Å². The molecule has 162 valence electrons. The van der Waals surface area contributed by atoms with E-state index in [4.69, 9.17) is 4.74 Å². The molecule has 11 heteroatoms. The van der Waals surface area contributed by atoms with Crippen LogP contribution in [0.5, 0.6) is 5.75 Å². The lowest BCUT2D eigenvalue weighted by atomic mass is 9.78. The highest BCUT2D eigenvalue weighted by atomic mass is 32.2. The quantitative estimate of drug-likeness (QED) is 0.634. The van der Waals surface area contributed by atoms with E-state index in [-0.39, 0.29) is 23.6 Å². The number of anilines is 1. The zero-order valence-corrected chi connectivity index (χ0v) is 17.0. The summed E-state index contributed by atoms with van der Waals surface area (Å²) in [7, 11) is -4.51. The highest BCUT2D eigenvalue weighted by Gasteiger charge is 2.35. The van der Waals surface area contributed by atoms with Gasteiger partial charge in [-0.2, -0.15) is 0 Å². The largest absolute Gasteiger partial charge is 0.490 e. The zero-order chi connectivity index (χ0) is 21.1. The van der Waals surface area contributed by atoms with Crippen molar-refractivity contribution >= 4 is 15.8 Å². The predicted molar refractivity (Wildman–Crippen MR) is 105 cm³/mol. The fourth-order valence-corrected chi connectivity index (χ4v) is 5.30. The summed E-state index contributed by atoms with van der Waals surface area (Å²) >= 11 is 0. The first-order valence-corrected chi connectivity index (χ1v) is 11.3. The number of aromatic nitrogens is 2. The zero-order valence-electron chi connectivity index (χ0n) is 16.1. The number of ether oxygens (including phenoxy) is 1. The van der Waals surface area contributed by atoms with Crippen LogP contribution in [0.2, 0.25) is 0 Å². The van der Waals surface area contributed by atoms with Crippen LogP contribution in [0.3, 0.4) is 0 Å². The first kappa shape index (κ1) is 20.9. The van der Waals surface area contributed by atoms with Crippen molar-refractivity contribution in [2.75, 3.05) is 17.8 Å². The molecular weight excluding hydrogens is 416 g/mol. The van der Waals surface area contributed by atoms with Gasteiger partial charge in [-0.05, 0) is 31.2 Å². The Morgan fingerprint density at radius 3 is 2.47 bits per heavy atom. The molecular formula is C19H23F2N5O3S. The van der Waals surface area contributed by atoms with E-state index in [9.17, 15) is 17.2 Å². The molecule has 0 bridgehead atoms. The van der Waals surface area contributed by atoms with E-state index in [1.54, 1.807) is 0 Å². The average molecular weight is 439 g/mol. The smallest absolute Gasteiger partial charge is 0.268 e. The predicted octanol–water partition coefficient (Wildman–Crippen LogP) is 2.22. The summed E-state index contributed by atoms with van der Waals surface area (Å²) in [5.41, 5.74) is 6.22. The van der Waals surface area contributed by atoms with Gasteiger partial charge in [-0.3, -0.25) is 15.6 Å². The van der Waals surface area contributed by atoms with Gasteiger partial charge in [0.25, 0.3) is 10.0 Å². The van der Waals surface area contributed by atoms with Crippen LogP contribution < -0.4 is 20.3 Å². The Morgan fingerprint density at radius 2 is 1.80 bits per heavy atom. The van der Waals surface area contributed by atoms with Gasteiger partial charge in [0.15, 0.2) is 4.90 Å². The molecule has 2 fully saturated rings. The number of benzene rings is 1. The molecule has 2 atom stereocenters. The van der Waals surface area contributed by atoms with Crippen molar-refractivity contribution in [2.45, 2.75) is 36.7 Å². The van der Waals surface area contributed by atoms with Gasteiger partial charge in [0.05, 0.1) is 0 Å². The number of nitrogens with one attached hydrogen (secondary N) is 3. The maximum absolute atomic E-state index is 14.7. The van der Waals surface area contributed by atoms with E-state index in [1.165, 1.54) is 12.3 Å². The molecule has 30 heavy (non-hydrogen) atoms. The van der Waals surface area contributed by atoms with Gasteiger partial charge in [-0.1, -0.05) is 6.42 Å². The molecule has 1 aliphatic heterocycles. The molecule has 0 unspecified atom stereocenters. The minimum absolute atomic E-state index is 0.0122. The lowest BCUT2D eigenvalue weighted by Gasteiger charge is -2.35. The molecule has 4 rings (SSSR count). The molecule has 1 saturated heterocycles. The standard InChI is InChI=1S/C19H23F2N5O3S/c20-15-7-13(29-17-4-2-1-3-14(17)12-9-24-25-10-12)8-16(21)19(15)30(27,28)26-18-5-6-22-11-23-18/h5-8,11-12,14,17,24-25H,1-4,9-10H2,(H,22,23,26)/t14-,17+/m0/s1. The lowest BCUT2D eigenvalue weighted by molar-refractivity contribution is 0.0639. The number of rotatable bonds is 6. The van der Waals surface area contributed by atoms with E-state index >= 15 is 0 Å². The minimum Gasteiger partial charge on any atom is -0.490 e. The van der Waals surface area contributed by atoms with Gasteiger partial charge in [-0.25, -0.2) is 27.2 Å². The second kappa shape index (κ2) is 8.78. The van der Waals surface area contributed by atoms with Gasteiger partial charge in [0, 0.05) is 37.3 Å². The molecule has 3 N–H and O–H groups in total. The molecule has 0 amide bonds. The second-order valence-corrected chi connectivity index (χ2v) is 9.16. The Morgan fingerprint density at radius 1 is 1.10 bits per heavy atom. The van der Waals surface area contributed by atoms with Crippen LogP contribution >= 0.6 is 0 Å². The first-order chi connectivity index (χ1) is 14.4. The minimum atomic E-state index is -4.51. The maximum Gasteiger partial charge on any atom is 0.268 e. The molecule has 0 radical (unpaired) electrons. The third-order valence-electron chi connectivity index (χ3n) is 5.56. The molecule has 2 heterocycles. The number of halogens is 2. The normalized spacial score (nSPS) is 22.7.